The van der Waals surface area contributed by atoms with E-state index in [4.69, 9.17) is 5.73 Å². The van der Waals surface area contributed by atoms with Gasteiger partial charge in [0, 0.05) is 30.3 Å². The zero-order chi connectivity index (χ0) is 22.7. The van der Waals surface area contributed by atoms with Gasteiger partial charge in [0.25, 0.3) is 0 Å². The Balaban J connectivity index is 1.68. The molecule has 0 saturated heterocycles. The van der Waals surface area contributed by atoms with Crippen LogP contribution in [0.4, 0.5) is 19.0 Å². The molecule has 4 rings (SSSR count). The lowest BCUT2D eigenvalue weighted by Crippen LogP contribution is -2.13. The molecule has 0 aliphatic carbocycles. The van der Waals surface area contributed by atoms with Crippen molar-refractivity contribution in [1.29, 1.82) is 0 Å². The first-order valence-corrected chi connectivity index (χ1v) is 10.0. The summed E-state index contributed by atoms with van der Waals surface area (Å²) in [6, 6.07) is 15.0. The van der Waals surface area contributed by atoms with Gasteiger partial charge in [0.1, 0.15) is 11.6 Å². The summed E-state index contributed by atoms with van der Waals surface area (Å²) in [5.74, 6) is -0.0258. The van der Waals surface area contributed by atoms with Gasteiger partial charge in [-0.25, -0.2) is 4.98 Å². The van der Waals surface area contributed by atoms with Crippen LogP contribution >= 0.6 is 0 Å². The molecule has 32 heavy (non-hydrogen) atoms. The van der Waals surface area contributed by atoms with Crippen molar-refractivity contribution < 1.29 is 18.0 Å². The topological polar surface area (TPSA) is 86.2 Å². The molecule has 0 saturated carbocycles. The standard InChI is InChI=1S/C23H20F3N5O/c24-23(25,26)18-9-11-21-29-30-22(31(21)14-18)16(7-6-15-4-2-1-3-5-15)12-19(32)17-8-10-20(27)28-13-17/h1-5,8-11,13-14,16H,6-7,12H2,(H2,27,28)/t16-/m0/s1. The molecule has 6 nitrogen and oxygen atoms in total. The fraction of sp³-hybridized carbons (Fsp3) is 0.217. The van der Waals surface area contributed by atoms with Gasteiger partial charge >= 0.3 is 6.18 Å². The van der Waals surface area contributed by atoms with Crippen molar-refractivity contribution in [3.63, 3.8) is 0 Å². The average Bonchev–Trinajstić information content (AvgIpc) is 3.20. The van der Waals surface area contributed by atoms with Crippen molar-refractivity contribution in [3.05, 3.63) is 89.5 Å². The summed E-state index contributed by atoms with van der Waals surface area (Å²) >= 11 is 0. The van der Waals surface area contributed by atoms with Crippen LogP contribution in [0.2, 0.25) is 0 Å². The number of rotatable bonds is 7. The number of carbonyl (C=O) groups is 1. The number of halogens is 3. The number of aromatic nitrogens is 4. The molecule has 0 amide bonds. The number of fused-ring (bicyclic) bond motifs is 1. The lowest BCUT2D eigenvalue weighted by Gasteiger charge is -2.16. The molecule has 0 unspecified atom stereocenters. The molecule has 0 aliphatic rings. The number of carbonyl (C=O) groups excluding carboxylic acids is 1. The van der Waals surface area contributed by atoms with Gasteiger partial charge in [-0.15, -0.1) is 10.2 Å². The monoisotopic (exact) mass is 439 g/mol. The Morgan fingerprint density at radius 1 is 1.03 bits per heavy atom. The highest BCUT2D eigenvalue weighted by Gasteiger charge is 2.32. The van der Waals surface area contributed by atoms with E-state index < -0.39 is 17.7 Å². The molecule has 0 fully saturated rings. The average molecular weight is 439 g/mol. The number of nitrogen functional groups attached to an aromatic ring is 1. The van der Waals surface area contributed by atoms with Crippen LogP contribution in [0.3, 0.4) is 0 Å². The van der Waals surface area contributed by atoms with Gasteiger partial charge in [0.15, 0.2) is 11.4 Å². The number of benzene rings is 1. The number of nitrogens with two attached hydrogens (primary N) is 1. The summed E-state index contributed by atoms with van der Waals surface area (Å²) in [6.07, 6.45) is -0.928. The van der Waals surface area contributed by atoms with Gasteiger partial charge in [-0.3, -0.25) is 9.20 Å². The largest absolute Gasteiger partial charge is 0.417 e. The number of nitrogens with zero attached hydrogens (tertiary/aromatic N) is 4. The fourth-order valence-corrected chi connectivity index (χ4v) is 3.57. The highest BCUT2D eigenvalue weighted by Crippen LogP contribution is 2.31. The van der Waals surface area contributed by atoms with Gasteiger partial charge in [-0.1, -0.05) is 30.3 Å². The normalized spacial score (nSPS) is 12.7. The number of ketones is 1. The minimum atomic E-state index is -4.50. The predicted molar refractivity (Wildman–Crippen MR) is 113 cm³/mol. The van der Waals surface area contributed by atoms with E-state index in [0.717, 1.165) is 17.8 Å². The highest BCUT2D eigenvalue weighted by atomic mass is 19.4. The zero-order valence-electron chi connectivity index (χ0n) is 17.0. The molecule has 1 aromatic carbocycles. The maximum atomic E-state index is 13.3. The van der Waals surface area contributed by atoms with Crippen LogP contribution in [0.15, 0.2) is 67.0 Å². The second kappa shape index (κ2) is 8.78. The van der Waals surface area contributed by atoms with Crippen molar-refractivity contribution in [3.8, 4) is 0 Å². The summed E-state index contributed by atoms with van der Waals surface area (Å²) < 4.78 is 41.1. The molecule has 2 N–H and O–H groups in total. The molecule has 3 heterocycles. The Morgan fingerprint density at radius 3 is 2.50 bits per heavy atom. The quantitative estimate of drug-likeness (QED) is 0.421. The number of alkyl halides is 3. The van der Waals surface area contributed by atoms with E-state index >= 15 is 0 Å². The maximum absolute atomic E-state index is 13.3. The smallest absolute Gasteiger partial charge is 0.384 e. The number of Topliss-reactive ketones (excluding diaryl/α,β-unsaturated/α-hetero) is 1. The second-order valence-corrected chi connectivity index (χ2v) is 7.52. The van der Waals surface area contributed by atoms with Crippen LogP contribution in [-0.2, 0) is 12.6 Å². The Kier molecular flexibility index (Phi) is 5.89. The number of hydrogen-bond acceptors (Lipinski definition) is 5. The summed E-state index contributed by atoms with van der Waals surface area (Å²) in [5, 5.41) is 8.16. The van der Waals surface area contributed by atoms with Crippen molar-refractivity contribution in [2.75, 3.05) is 5.73 Å². The van der Waals surface area contributed by atoms with Crippen LogP contribution in [0, 0.1) is 0 Å². The fourth-order valence-electron chi connectivity index (χ4n) is 3.57. The number of aryl methyl sites for hydroxylation is 1. The molecular formula is C23H20F3N5O. The van der Waals surface area contributed by atoms with Crippen LogP contribution in [0.25, 0.3) is 5.65 Å². The second-order valence-electron chi connectivity index (χ2n) is 7.52. The zero-order valence-corrected chi connectivity index (χ0v) is 17.0. The molecule has 3 aromatic heterocycles. The number of pyridine rings is 2. The van der Waals surface area contributed by atoms with E-state index in [-0.39, 0.29) is 12.2 Å². The number of anilines is 1. The Morgan fingerprint density at radius 2 is 1.81 bits per heavy atom. The highest BCUT2D eigenvalue weighted by molar-refractivity contribution is 5.96. The summed E-state index contributed by atoms with van der Waals surface area (Å²) in [5.41, 5.74) is 6.52. The molecule has 1 atom stereocenters. The summed E-state index contributed by atoms with van der Waals surface area (Å²) in [6.45, 7) is 0. The van der Waals surface area contributed by atoms with Crippen LogP contribution in [0.5, 0.6) is 0 Å². The molecule has 0 aliphatic heterocycles. The van der Waals surface area contributed by atoms with Crippen LogP contribution in [-0.4, -0.2) is 25.4 Å². The van der Waals surface area contributed by atoms with Crippen molar-refractivity contribution in [1.82, 2.24) is 19.6 Å². The van der Waals surface area contributed by atoms with Gasteiger partial charge in [0.2, 0.25) is 0 Å². The predicted octanol–water partition coefficient (Wildman–Crippen LogP) is 4.71. The third-order valence-electron chi connectivity index (χ3n) is 5.29. The molecular weight excluding hydrogens is 419 g/mol. The molecule has 0 radical (unpaired) electrons. The molecule has 9 heteroatoms. The lowest BCUT2D eigenvalue weighted by molar-refractivity contribution is -0.137. The van der Waals surface area contributed by atoms with Crippen molar-refractivity contribution in [2.24, 2.45) is 0 Å². The van der Waals surface area contributed by atoms with E-state index in [2.05, 4.69) is 15.2 Å². The van der Waals surface area contributed by atoms with E-state index in [1.165, 1.54) is 22.7 Å². The third kappa shape index (κ3) is 4.77. The van der Waals surface area contributed by atoms with Crippen LogP contribution < -0.4 is 5.73 Å². The summed E-state index contributed by atoms with van der Waals surface area (Å²) in [7, 11) is 0. The molecule has 164 valence electrons. The first-order chi connectivity index (χ1) is 15.3. The molecule has 0 bridgehead atoms. The van der Waals surface area contributed by atoms with Gasteiger partial charge in [0.05, 0.1) is 5.56 Å². The van der Waals surface area contributed by atoms with Gasteiger partial charge in [-0.05, 0) is 42.7 Å². The Hall–Kier alpha value is -3.75. The van der Waals surface area contributed by atoms with Gasteiger partial charge < -0.3 is 5.73 Å². The molecule has 4 aromatic rings. The lowest BCUT2D eigenvalue weighted by atomic mass is 9.92. The van der Waals surface area contributed by atoms with E-state index in [1.807, 2.05) is 30.3 Å². The Labute approximate surface area is 181 Å². The first-order valence-electron chi connectivity index (χ1n) is 10.0. The van der Waals surface area contributed by atoms with E-state index in [9.17, 15) is 18.0 Å². The maximum Gasteiger partial charge on any atom is 0.417 e. The van der Waals surface area contributed by atoms with E-state index in [0.29, 0.717) is 35.7 Å². The minimum absolute atomic E-state index is 0.0511. The minimum Gasteiger partial charge on any atom is -0.384 e. The first kappa shape index (κ1) is 21.5. The number of hydrogen-bond donors (Lipinski definition) is 1. The SMILES string of the molecule is Nc1ccc(C(=O)C[C@H](CCc2ccccc2)c2nnc3ccc(C(F)(F)F)cn23)cn1. The Bertz CT molecular complexity index is 1220. The van der Waals surface area contributed by atoms with E-state index in [1.54, 1.807) is 6.07 Å². The van der Waals surface area contributed by atoms with Crippen molar-refractivity contribution >= 4 is 17.2 Å². The van der Waals surface area contributed by atoms with Crippen molar-refractivity contribution in [2.45, 2.75) is 31.4 Å². The van der Waals surface area contributed by atoms with Gasteiger partial charge in [-0.2, -0.15) is 13.2 Å². The third-order valence-corrected chi connectivity index (χ3v) is 5.29. The summed E-state index contributed by atoms with van der Waals surface area (Å²) in [4.78, 5) is 16.9. The van der Waals surface area contributed by atoms with Crippen LogP contribution in [0.1, 0.15) is 46.1 Å². The molecule has 0 spiro atoms.